The summed E-state index contributed by atoms with van der Waals surface area (Å²) in [6.45, 7) is 8.28. The van der Waals surface area contributed by atoms with Crippen molar-refractivity contribution in [2.45, 2.75) is 32.9 Å². The molecule has 2 atom stereocenters. The number of rotatable bonds is 2. The zero-order valence-corrected chi connectivity index (χ0v) is 14.8. The fourth-order valence-electron chi connectivity index (χ4n) is 3.64. The number of anilines is 2. The SMILES string of the molecule is Cc1nc2ccc(N3CC(C)NC(C)C3)nn2c1-c1ccnc(N)c1. The molecule has 3 N–H and O–H groups in total. The molecule has 1 saturated heterocycles. The number of hydrogen-bond acceptors (Lipinski definition) is 6. The Bertz CT molecular complexity index is 907. The molecule has 4 heterocycles. The Hall–Kier alpha value is -2.67. The van der Waals surface area contributed by atoms with E-state index in [4.69, 9.17) is 10.8 Å². The molecule has 4 rings (SSSR count). The van der Waals surface area contributed by atoms with Crippen molar-refractivity contribution < 1.29 is 0 Å². The molecule has 3 aromatic rings. The molecule has 0 saturated carbocycles. The predicted octanol–water partition coefficient (Wildman–Crippen LogP) is 1.87. The van der Waals surface area contributed by atoms with Crippen LogP contribution in [-0.4, -0.2) is 44.8 Å². The van der Waals surface area contributed by atoms with Gasteiger partial charge < -0.3 is 16.0 Å². The highest BCUT2D eigenvalue weighted by atomic mass is 15.4. The quantitative estimate of drug-likeness (QED) is 0.743. The number of piperazine rings is 1. The van der Waals surface area contributed by atoms with Crippen LogP contribution in [0, 0.1) is 6.92 Å². The van der Waals surface area contributed by atoms with Gasteiger partial charge in [0.2, 0.25) is 0 Å². The molecule has 0 radical (unpaired) electrons. The highest BCUT2D eigenvalue weighted by Gasteiger charge is 2.23. The van der Waals surface area contributed by atoms with Gasteiger partial charge in [-0.2, -0.15) is 0 Å². The number of pyridine rings is 1. The summed E-state index contributed by atoms with van der Waals surface area (Å²) in [5.41, 5.74) is 9.56. The highest BCUT2D eigenvalue weighted by molar-refractivity contribution is 5.68. The first-order valence-corrected chi connectivity index (χ1v) is 8.60. The van der Waals surface area contributed by atoms with Crippen LogP contribution in [0.15, 0.2) is 30.5 Å². The van der Waals surface area contributed by atoms with Crippen LogP contribution in [0.3, 0.4) is 0 Å². The summed E-state index contributed by atoms with van der Waals surface area (Å²) in [6.07, 6.45) is 1.72. The van der Waals surface area contributed by atoms with E-state index in [1.54, 1.807) is 6.20 Å². The van der Waals surface area contributed by atoms with Gasteiger partial charge in [0.1, 0.15) is 11.6 Å². The van der Waals surface area contributed by atoms with E-state index in [0.29, 0.717) is 17.9 Å². The van der Waals surface area contributed by atoms with Crippen LogP contribution in [0.2, 0.25) is 0 Å². The van der Waals surface area contributed by atoms with Crippen molar-refractivity contribution in [1.82, 2.24) is 24.9 Å². The molecule has 0 bridgehead atoms. The molecule has 130 valence electrons. The molecule has 3 aromatic heterocycles. The van der Waals surface area contributed by atoms with Crippen LogP contribution in [0.25, 0.3) is 16.9 Å². The fourth-order valence-corrected chi connectivity index (χ4v) is 3.64. The van der Waals surface area contributed by atoms with Crippen LogP contribution in [-0.2, 0) is 0 Å². The minimum Gasteiger partial charge on any atom is -0.384 e. The monoisotopic (exact) mass is 337 g/mol. The largest absolute Gasteiger partial charge is 0.384 e. The number of nitrogens with two attached hydrogens (primary N) is 1. The topological polar surface area (TPSA) is 84.4 Å². The standard InChI is InChI=1S/C18H23N7/c1-11-9-24(10-12(2)21-11)17-5-4-16-22-13(3)18(25(16)23-17)14-6-7-20-15(19)8-14/h4-8,11-12,21H,9-10H2,1-3H3,(H2,19,20). The number of nitrogens with zero attached hydrogens (tertiary/aromatic N) is 5. The molecule has 7 nitrogen and oxygen atoms in total. The van der Waals surface area contributed by atoms with Gasteiger partial charge >= 0.3 is 0 Å². The third-order valence-corrected chi connectivity index (χ3v) is 4.57. The number of fused-ring (bicyclic) bond motifs is 1. The highest BCUT2D eigenvalue weighted by Crippen LogP contribution is 2.26. The van der Waals surface area contributed by atoms with Crippen molar-refractivity contribution in [3.63, 3.8) is 0 Å². The number of aromatic nitrogens is 4. The summed E-state index contributed by atoms with van der Waals surface area (Å²) in [7, 11) is 0. The second kappa shape index (κ2) is 6.00. The lowest BCUT2D eigenvalue weighted by atomic mass is 10.1. The average molecular weight is 337 g/mol. The minimum absolute atomic E-state index is 0.435. The molecule has 1 fully saturated rings. The molecule has 25 heavy (non-hydrogen) atoms. The van der Waals surface area contributed by atoms with Gasteiger partial charge in [-0.05, 0) is 45.0 Å². The van der Waals surface area contributed by atoms with Gasteiger partial charge in [-0.1, -0.05) is 0 Å². The van der Waals surface area contributed by atoms with E-state index in [0.717, 1.165) is 41.5 Å². The van der Waals surface area contributed by atoms with E-state index >= 15 is 0 Å². The van der Waals surface area contributed by atoms with E-state index in [1.807, 2.05) is 29.6 Å². The summed E-state index contributed by atoms with van der Waals surface area (Å²) < 4.78 is 1.91. The molecule has 1 aliphatic rings. The Balaban J connectivity index is 1.81. The Morgan fingerprint density at radius 1 is 1.16 bits per heavy atom. The van der Waals surface area contributed by atoms with E-state index in [-0.39, 0.29) is 0 Å². The lowest BCUT2D eigenvalue weighted by Gasteiger charge is -2.36. The maximum absolute atomic E-state index is 5.86. The fraction of sp³-hybridized carbons (Fsp3) is 0.389. The number of imidazole rings is 1. The summed E-state index contributed by atoms with van der Waals surface area (Å²) in [5, 5.41) is 8.44. The smallest absolute Gasteiger partial charge is 0.154 e. The lowest BCUT2D eigenvalue weighted by molar-refractivity contribution is 0.404. The normalized spacial score (nSPS) is 21.0. The van der Waals surface area contributed by atoms with Gasteiger partial charge in [0.25, 0.3) is 0 Å². The van der Waals surface area contributed by atoms with Crippen molar-refractivity contribution >= 4 is 17.3 Å². The third kappa shape index (κ3) is 2.91. The Morgan fingerprint density at radius 3 is 2.64 bits per heavy atom. The average Bonchev–Trinajstić information content (AvgIpc) is 2.88. The molecule has 1 aliphatic heterocycles. The molecular formula is C18H23N7. The Kier molecular flexibility index (Phi) is 3.80. The molecule has 0 aliphatic carbocycles. The molecule has 0 amide bonds. The van der Waals surface area contributed by atoms with Crippen molar-refractivity contribution in [2.75, 3.05) is 23.7 Å². The molecule has 7 heteroatoms. The number of nitrogen functional groups attached to an aromatic ring is 1. The summed E-state index contributed by atoms with van der Waals surface area (Å²) >= 11 is 0. The molecule has 0 aromatic carbocycles. The maximum Gasteiger partial charge on any atom is 0.154 e. The molecule has 0 spiro atoms. The number of nitrogens with one attached hydrogen (secondary N) is 1. The second-order valence-corrected chi connectivity index (χ2v) is 6.85. The zero-order chi connectivity index (χ0) is 17.6. The van der Waals surface area contributed by atoms with Crippen molar-refractivity contribution in [3.8, 4) is 11.3 Å². The van der Waals surface area contributed by atoms with Crippen LogP contribution in [0.5, 0.6) is 0 Å². The van der Waals surface area contributed by atoms with Gasteiger partial charge in [-0.25, -0.2) is 14.5 Å². The van der Waals surface area contributed by atoms with E-state index in [2.05, 4.69) is 40.1 Å². The summed E-state index contributed by atoms with van der Waals surface area (Å²) in [5.74, 6) is 1.46. The van der Waals surface area contributed by atoms with Gasteiger partial charge in [0.05, 0.1) is 11.4 Å². The first kappa shape index (κ1) is 15.8. The zero-order valence-electron chi connectivity index (χ0n) is 14.8. The summed E-state index contributed by atoms with van der Waals surface area (Å²) in [6, 6.07) is 8.75. The van der Waals surface area contributed by atoms with E-state index in [9.17, 15) is 0 Å². The van der Waals surface area contributed by atoms with Crippen LogP contribution in [0.4, 0.5) is 11.6 Å². The van der Waals surface area contributed by atoms with Gasteiger partial charge in [-0.15, -0.1) is 5.10 Å². The Morgan fingerprint density at radius 2 is 1.92 bits per heavy atom. The predicted molar refractivity (Wildman–Crippen MR) is 99.6 cm³/mol. The van der Waals surface area contributed by atoms with E-state index in [1.165, 1.54) is 0 Å². The van der Waals surface area contributed by atoms with Gasteiger partial charge in [0.15, 0.2) is 5.65 Å². The number of aryl methyl sites for hydroxylation is 1. The van der Waals surface area contributed by atoms with Gasteiger partial charge in [-0.3, -0.25) is 0 Å². The summed E-state index contributed by atoms with van der Waals surface area (Å²) in [4.78, 5) is 11.0. The van der Waals surface area contributed by atoms with Crippen molar-refractivity contribution in [1.29, 1.82) is 0 Å². The maximum atomic E-state index is 5.86. The minimum atomic E-state index is 0.435. The second-order valence-electron chi connectivity index (χ2n) is 6.85. The van der Waals surface area contributed by atoms with Crippen LogP contribution >= 0.6 is 0 Å². The molecule has 2 unspecified atom stereocenters. The van der Waals surface area contributed by atoms with Gasteiger partial charge in [0, 0.05) is 36.9 Å². The molecular weight excluding hydrogens is 314 g/mol. The number of hydrogen-bond donors (Lipinski definition) is 2. The third-order valence-electron chi connectivity index (χ3n) is 4.57. The van der Waals surface area contributed by atoms with Crippen molar-refractivity contribution in [3.05, 3.63) is 36.2 Å². The van der Waals surface area contributed by atoms with E-state index < -0.39 is 0 Å². The van der Waals surface area contributed by atoms with Crippen LogP contribution < -0.4 is 16.0 Å². The Labute approximate surface area is 146 Å². The lowest BCUT2D eigenvalue weighted by Crippen LogP contribution is -2.54. The first-order valence-electron chi connectivity index (χ1n) is 8.60. The van der Waals surface area contributed by atoms with Crippen molar-refractivity contribution in [2.24, 2.45) is 0 Å². The first-order chi connectivity index (χ1) is 12.0. The van der Waals surface area contributed by atoms with Crippen LogP contribution in [0.1, 0.15) is 19.5 Å².